The van der Waals surface area contributed by atoms with Crippen molar-refractivity contribution in [2.75, 3.05) is 27.7 Å². The lowest BCUT2D eigenvalue weighted by Crippen LogP contribution is -2.44. The molecule has 0 heterocycles. The molecule has 0 amide bonds. The zero-order valence-electron chi connectivity index (χ0n) is 13.2. The molecule has 0 aliphatic rings. The van der Waals surface area contributed by atoms with Crippen LogP contribution in [-0.2, 0) is 0 Å². The van der Waals surface area contributed by atoms with Gasteiger partial charge < -0.3 is 10.1 Å². The lowest BCUT2D eigenvalue weighted by molar-refractivity contribution is 0.137. The molecule has 19 heavy (non-hydrogen) atoms. The molecule has 0 aliphatic heterocycles. The number of nitrogens with zero attached hydrogens (tertiary/aromatic N) is 1. The van der Waals surface area contributed by atoms with Crippen molar-refractivity contribution in [1.29, 1.82) is 0 Å². The molecule has 0 saturated carbocycles. The highest BCUT2D eigenvalue weighted by Gasteiger charge is 2.24. The van der Waals surface area contributed by atoms with Crippen LogP contribution in [0, 0.1) is 0 Å². The maximum Gasteiger partial charge on any atom is 0.119 e. The van der Waals surface area contributed by atoms with Gasteiger partial charge in [0.2, 0.25) is 0 Å². The Morgan fingerprint density at radius 1 is 1.37 bits per heavy atom. The molecule has 0 radical (unpaired) electrons. The Balaban J connectivity index is 2.83. The minimum Gasteiger partial charge on any atom is -0.497 e. The summed E-state index contributed by atoms with van der Waals surface area (Å²) >= 11 is 0. The summed E-state index contributed by atoms with van der Waals surface area (Å²) in [6, 6.07) is 8.59. The van der Waals surface area contributed by atoms with E-state index in [4.69, 9.17) is 4.74 Å². The molecule has 0 fully saturated rings. The van der Waals surface area contributed by atoms with Gasteiger partial charge in [-0.25, -0.2) is 0 Å². The highest BCUT2D eigenvalue weighted by molar-refractivity contribution is 5.30. The van der Waals surface area contributed by atoms with Gasteiger partial charge in [0.25, 0.3) is 0 Å². The number of hydrogen-bond donors (Lipinski definition) is 1. The molecule has 0 saturated heterocycles. The SMILES string of the molecule is CCC(C)(C)N(C)CC(NC)c1cccc(OC)c1. The first-order valence-electron chi connectivity index (χ1n) is 6.97. The van der Waals surface area contributed by atoms with E-state index in [9.17, 15) is 0 Å². The average molecular weight is 264 g/mol. The van der Waals surface area contributed by atoms with Gasteiger partial charge in [-0.1, -0.05) is 19.1 Å². The third-order valence-electron chi connectivity index (χ3n) is 4.20. The Morgan fingerprint density at radius 2 is 2.05 bits per heavy atom. The topological polar surface area (TPSA) is 24.5 Å². The van der Waals surface area contributed by atoms with Gasteiger partial charge in [-0.2, -0.15) is 0 Å². The van der Waals surface area contributed by atoms with Crippen LogP contribution in [-0.4, -0.2) is 38.2 Å². The van der Waals surface area contributed by atoms with Crippen molar-refractivity contribution in [1.82, 2.24) is 10.2 Å². The summed E-state index contributed by atoms with van der Waals surface area (Å²) in [5.74, 6) is 0.912. The van der Waals surface area contributed by atoms with Crippen LogP contribution in [0.3, 0.4) is 0 Å². The first-order valence-corrected chi connectivity index (χ1v) is 6.97. The van der Waals surface area contributed by atoms with Crippen LogP contribution in [0.4, 0.5) is 0 Å². The van der Waals surface area contributed by atoms with E-state index in [0.717, 1.165) is 18.7 Å². The molecular weight excluding hydrogens is 236 g/mol. The fourth-order valence-corrected chi connectivity index (χ4v) is 2.01. The second-order valence-electron chi connectivity index (χ2n) is 5.66. The van der Waals surface area contributed by atoms with Crippen molar-refractivity contribution in [2.45, 2.75) is 38.8 Å². The Bertz CT molecular complexity index is 390. The molecule has 1 aromatic rings. The van der Waals surface area contributed by atoms with E-state index in [1.807, 2.05) is 19.2 Å². The third-order valence-corrected chi connectivity index (χ3v) is 4.20. The van der Waals surface area contributed by atoms with Crippen LogP contribution in [0.15, 0.2) is 24.3 Å². The van der Waals surface area contributed by atoms with Crippen molar-refractivity contribution in [3.05, 3.63) is 29.8 Å². The van der Waals surface area contributed by atoms with Gasteiger partial charge >= 0.3 is 0 Å². The molecule has 0 aliphatic carbocycles. The standard InChI is InChI=1S/C16H28N2O/c1-7-16(2,3)18(5)12-15(17-4)13-9-8-10-14(11-13)19-6/h8-11,15,17H,7,12H2,1-6H3. The molecular formula is C16H28N2O. The number of methoxy groups -OCH3 is 1. The van der Waals surface area contributed by atoms with E-state index >= 15 is 0 Å². The van der Waals surface area contributed by atoms with Crippen molar-refractivity contribution >= 4 is 0 Å². The molecule has 1 rings (SSSR count). The van der Waals surface area contributed by atoms with Crippen LogP contribution >= 0.6 is 0 Å². The van der Waals surface area contributed by atoms with Crippen LogP contribution in [0.5, 0.6) is 5.75 Å². The average Bonchev–Trinajstić information content (AvgIpc) is 2.44. The molecule has 3 nitrogen and oxygen atoms in total. The molecule has 0 spiro atoms. The fraction of sp³-hybridized carbons (Fsp3) is 0.625. The molecule has 108 valence electrons. The fourth-order valence-electron chi connectivity index (χ4n) is 2.01. The smallest absolute Gasteiger partial charge is 0.119 e. The van der Waals surface area contributed by atoms with Crippen LogP contribution < -0.4 is 10.1 Å². The second-order valence-corrected chi connectivity index (χ2v) is 5.66. The van der Waals surface area contributed by atoms with E-state index in [1.54, 1.807) is 7.11 Å². The third kappa shape index (κ3) is 4.22. The van der Waals surface area contributed by atoms with Crippen molar-refractivity contribution in [3.8, 4) is 5.75 Å². The van der Waals surface area contributed by atoms with E-state index in [1.165, 1.54) is 5.56 Å². The number of ether oxygens (including phenoxy) is 1. The monoisotopic (exact) mass is 264 g/mol. The molecule has 0 bridgehead atoms. The van der Waals surface area contributed by atoms with Gasteiger partial charge in [-0.3, -0.25) is 4.90 Å². The molecule has 1 aromatic carbocycles. The normalized spacial score (nSPS) is 13.6. The Labute approximate surface area is 118 Å². The Morgan fingerprint density at radius 3 is 2.58 bits per heavy atom. The molecule has 1 atom stereocenters. The summed E-state index contributed by atoms with van der Waals surface area (Å²) in [5.41, 5.74) is 1.48. The van der Waals surface area contributed by atoms with Crippen LogP contribution in [0.2, 0.25) is 0 Å². The Kier molecular flexibility index (Phi) is 5.83. The zero-order chi connectivity index (χ0) is 14.5. The molecule has 1 N–H and O–H groups in total. The van der Waals surface area contributed by atoms with Crippen molar-refractivity contribution < 1.29 is 4.74 Å². The molecule has 1 unspecified atom stereocenters. The number of hydrogen-bond acceptors (Lipinski definition) is 3. The summed E-state index contributed by atoms with van der Waals surface area (Å²) in [4.78, 5) is 2.41. The van der Waals surface area contributed by atoms with E-state index in [2.05, 4.69) is 50.2 Å². The van der Waals surface area contributed by atoms with Crippen LogP contribution in [0.1, 0.15) is 38.8 Å². The summed E-state index contributed by atoms with van der Waals surface area (Å²) in [5, 5.41) is 3.40. The van der Waals surface area contributed by atoms with Gasteiger partial charge in [0, 0.05) is 18.1 Å². The summed E-state index contributed by atoms with van der Waals surface area (Å²) in [7, 11) is 5.91. The minimum absolute atomic E-state index is 0.216. The predicted octanol–water partition coefficient (Wildman–Crippen LogP) is 3.08. The lowest BCUT2D eigenvalue weighted by atomic mass is 9.98. The van der Waals surface area contributed by atoms with Crippen molar-refractivity contribution in [2.24, 2.45) is 0 Å². The number of rotatable bonds is 7. The van der Waals surface area contributed by atoms with Crippen LogP contribution in [0.25, 0.3) is 0 Å². The highest BCUT2D eigenvalue weighted by atomic mass is 16.5. The van der Waals surface area contributed by atoms with Gasteiger partial charge in [-0.05, 0) is 52.1 Å². The maximum absolute atomic E-state index is 5.30. The Hall–Kier alpha value is -1.06. The van der Waals surface area contributed by atoms with E-state index < -0.39 is 0 Å². The van der Waals surface area contributed by atoms with Crippen molar-refractivity contribution in [3.63, 3.8) is 0 Å². The van der Waals surface area contributed by atoms with E-state index in [-0.39, 0.29) is 5.54 Å². The van der Waals surface area contributed by atoms with Gasteiger partial charge in [0.05, 0.1) is 7.11 Å². The minimum atomic E-state index is 0.216. The zero-order valence-corrected chi connectivity index (χ0v) is 13.2. The highest BCUT2D eigenvalue weighted by Crippen LogP contribution is 2.23. The largest absolute Gasteiger partial charge is 0.497 e. The summed E-state index contributed by atoms with van der Waals surface area (Å²) < 4.78 is 5.30. The molecule has 0 aromatic heterocycles. The van der Waals surface area contributed by atoms with Gasteiger partial charge in [0.15, 0.2) is 0 Å². The first kappa shape index (κ1) is 16.0. The number of likely N-dealkylation sites (N-methyl/N-ethyl adjacent to an activating group) is 2. The first-order chi connectivity index (χ1) is 8.94. The lowest BCUT2D eigenvalue weighted by Gasteiger charge is -2.37. The van der Waals surface area contributed by atoms with Gasteiger partial charge in [0.1, 0.15) is 5.75 Å². The summed E-state index contributed by atoms with van der Waals surface area (Å²) in [6.45, 7) is 7.78. The van der Waals surface area contributed by atoms with Gasteiger partial charge in [-0.15, -0.1) is 0 Å². The van der Waals surface area contributed by atoms with E-state index in [0.29, 0.717) is 6.04 Å². The second kappa shape index (κ2) is 6.92. The quantitative estimate of drug-likeness (QED) is 0.819. The maximum atomic E-state index is 5.30. The number of benzene rings is 1. The summed E-state index contributed by atoms with van der Waals surface area (Å²) in [6.07, 6.45) is 1.14. The predicted molar refractivity (Wildman–Crippen MR) is 81.8 cm³/mol. The number of nitrogens with one attached hydrogen (secondary N) is 1. The molecule has 3 heteroatoms.